The van der Waals surface area contributed by atoms with E-state index in [-0.39, 0.29) is 42.4 Å². The van der Waals surface area contributed by atoms with E-state index in [1.165, 1.54) is 39.2 Å². The number of esters is 4. The van der Waals surface area contributed by atoms with Crippen LogP contribution in [0, 0.1) is 58.0 Å². The summed E-state index contributed by atoms with van der Waals surface area (Å²) >= 11 is 0. The summed E-state index contributed by atoms with van der Waals surface area (Å²) in [6, 6.07) is 9.29. The van der Waals surface area contributed by atoms with Gasteiger partial charge in [0.05, 0.1) is 55.1 Å². The van der Waals surface area contributed by atoms with Gasteiger partial charge in [0.15, 0.2) is 18.0 Å². The Morgan fingerprint density at radius 3 is 2.03 bits per heavy atom. The van der Waals surface area contributed by atoms with Gasteiger partial charge in [0, 0.05) is 78.6 Å². The lowest BCUT2D eigenvalue weighted by molar-refractivity contribution is -0.387. The molecule has 4 rings (SSSR count). The molecule has 2 aliphatic heterocycles. The van der Waals surface area contributed by atoms with Crippen LogP contribution in [0.1, 0.15) is 146 Å². The molecular formula is C67H97N5O20. The SMILES string of the molecule is C#CC[C@@H](OC(=O)N(C)[C@H](C(=O)N[C@H](C(=O)N(C)[C@@H]([C@@H](C)CC)[C@@H](CC(=O)N1CCC[C@H]1[C@H](OC)[C@@H](C)C(=O)C[C@@H](Cc1ccccc1)C(=O)OC(C)(C)C)OC)C(C)C)C(C)C)c1ccc(O[C@@H]2O[C@H](C(=O)OC)[C@@H](C)[C@H](OC(C)=O)[C@H]2OC(C)=O)c([N+](=O)[O-])c1. The second-order valence-corrected chi connectivity index (χ2v) is 25.5. The van der Waals surface area contributed by atoms with Crippen LogP contribution in [0.5, 0.6) is 5.75 Å². The summed E-state index contributed by atoms with van der Waals surface area (Å²) in [6.45, 7) is 21.9. The molecule has 25 heteroatoms. The number of terminal acetylenes is 1. The summed E-state index contributed by atoms with van der Waals surface area (Å²) < 4.78 is 51.4. The zero-order chi connectivity index (χ0) is 69.2. The highest BCUT2D eigenvalue weighted by Gasteiger charge is 2.53. The van der Waals surface area contributed by atoms with Crippen LogP contribution in [0.2, 0.25) is 0 Å². The lowest BCUT2D eigenvalue weighted by Gasteiger charge is -2.42. The van der Waals surface area contributed by atoms with Crippen LogP contribution in [0.15, 0.2) is 48.5 Å². The lowest BCUT2D eigenvalue weighted by atomic mass is 9.85. The quantitative estimate of drug-likeness (QED) is 0.0248. The molecule has 92 heavy (non-hydrogen) atoms. The number of nitro benzene ring substituents is 1. The predicted molar refractivity (Wildman–Crippen MR) is 336 cm³/mol. The van der Waals surface area contributed by atoms with Crippen molar-refractivity contribution in [2.75, 3.05) is 42.0 Å². The molecule has 1 N–H and O–H groups in total. The zero-order valence-electron chi connectivity index (χ0n) is 56.6. The van der Waals surface area contributed by atoms with Crippen molar-refractivity contribution in [1.82, 2.24) is 20.0 Å². The number of hydrogen-bond acceptors (Lipinski definition) is 20. The van der Waals surface area contributed by atoms with Crippen LogP contribution in [0.25, 0.3) is 0 Å². The molecule has 4 amide bonds. The van der Waals surface area contributed by atoms with Crippen LogP contribution >= 0.6 is 0 Å². The number of nitrogens with zero attached hydrogens (tertiary/aromatic N) is 4. The second-order valence-electron chi connectivity index (χ2n) is 25.5. The van der Waals surface area contributed by atoms with E-state index in [0.29, 0.717) is 32.2 Å². The van der Waals surface area contributed by atoms with Crippen LogP contribution < -0.4 is 10.1 Å². The van der Waals surface area contributed by atoms with E-state index in [4.69, 9.17) is 49.1 Å². The maximum atomic E-state index is 15.0. The number of methoxy groups -OCH3 is 3. The average molecular weight is 1290 g/mol. The summed E-state index contributed by atoms with van der Waals surface area (Å²) in [7, 11) is 6.98. The molecule has 0 unspecified atom stereocenters. The molecule has 2 fully saturated rings. The topological polar surface area (TPSA) is 302 Å². The molecule has 0 aliphatic carbocycles. The highest BCUT2D eigenvalue weighted by Crippen LogP contribution is 2.39. The van der Waals surface area contributed by atoms with Crippen molar-refractivity contribution in [1.29, 1.82) is 0 Å². The summed E-state index contributed by atoms with van der Waals surface area (Å²) in [5.74, 6) is -6.52. The number of nitro groups is 1. The van der Waals surface area contributed by atoms with Crippen molar-refractivity contribution in [3.05, 3.63) is 69.8 Å². The normalized spacial score (nSPS) is 21.1. The Morgan fingerprint density at radius 2 is 1.50 bits per heavy atom. The number of benzene rings is 2. The first kappa shape index (κ1) is 76.8. The Hall–Kier alpha value is -7.69. The average Bonchev–Trinajstić information content (AvgIpc) is 0.818. The largest absolute Gasteiger partial charge is 0.467 e. The fourth-order valence-electron chi connectivity index (χ4n) is 12.1. The number of rotatable bonds is 31. The molecule has 0 radical (unpaired) electrons. The molecule has 2 saturated heterocycles. The van der Waals surface area contributed by atoms with Crippen molar-refractivity contribution < 1.29 is 90.7 Å². The van der Waals surface area contributed by atoms with Crippen LogP contribution in [0.4, 0.5) is 10.5 Å². The molecule has 15 atom stereocenters. The van der Waals surface area contributed by atoms with Gasteiger partial charge in [-0.3, -0.25) is 48.6 Å². The molecule has 0 spiro atoms. The highest BCUT2D eigenvalue weighted by atomic mass is 16.7. The zero-order valence-corrected chi connectivity index (χ0v) is 56.6. The summed E-state index contributed by atoms with van der Waals surface area (Å²) in [5.41, 5.74) is -0.572. The Balaban J connectivity index is 1.55. The summed E-state index contributed by atoms with van der Waals surface area (Å²) in [6.07, 6.45) is -2.77. The third-order valence-corrected chi connectivity index (χ3v) is 16.9. The van der Waals surface area contributed by atoms with E-state index < -0.39 is 160 Å². The standard InChI is InChI=1S/C67H97N5O20/c1-20-26-50(45-30-31-51(48(34-45)72(82)83)89-65-60(88-43(11)74)58(87-42(10)73)41(9)59(91-65)64(80)86-19)90-66(81)70(16)55(38(5)6)61(77)68-54(37(3)4)62(78)69(15)56(39(7)21-2)52(84-17)36-53(76)71-32-25-29-47(71)57(85-18)40(8)49(75)35-46(63(79)92-67(12,13)14)33-44-27-23-22-24-28-44/h1,22-24,27-28,30-31,34,37-41,46-47,50,52,54-60,65H,21,25-26,29,32-33,35-36H2,2-19H3,(H,68,77)/t39-,40-,41-,46+,47-,50+,52+,54-,55-,56-,57+,58-,59-,60+,65+/m0/s1. The van der Waals surface area contributed by atoms with Gasteiger partial charge in [-0.15, -0.1) is 12.3 Å². The maximum absolute atomic E-state index is 15.0. The molecule has 2 heterocycles. The number of ketones is 1. The van der Waals surface area contributed by atoms with Crippen molar-refractivity contribution >= 4 is 59.2 Å². The van der Waals surface area contributed by atoms with E-state index in [9.17, 15) is 53.3 Å². The first-order chi connectivity index (χ1) is 43.2. The van der Waals surface area contributed by atoms with Gasteiger partial charge in [-0.05, 0) is 69.4 Å². The number of hydrogen-bond donors (Lipinski definition) is 1. The Labute approximate surface area is 541 Å². The first-order valence-electron chi connectivity index (χ1n) is 31.3. The van der Waals surface area contributed by atoms with Crippen LogP contribution in [-0.4, -0.2) is 182 Å². The predicted octanol–water partition coefficient (Wildman–Crippen LogP) is 7.75. The monoisotopic (exact) mass is 1290 g/mol. The van der Waals surface area contributed by atoms with Gasteiger partial charge in [-0.25, -0.2) is 9.59 Å². The number of Topliss-reactive ketones (excluding diaryl/α,β-unsaturated/α-hetero) is 1. The minimum atomic E-state index is -1.77. The third-order valence-electron chi connectivity index (χ3n) is 16.9. The molecule has 0 saturated carbocycles. The minimum Gasteiger partial charge on any atom is -0.467 e. The van der Waals surface area contributed by atoms with Crippen LogP contribution in [0.3, 0.4) is 0 Å². The van der Waals surface area contributed by atoms with Gasteiger partial charge in [-0.2, -0.15) is 0 Å². The first-order valence-corrected chi connectivity index (χ1v) is 31.3. The van der Waals surface area contributed by atoms with E-state index in [2.05, 4.69) is 11.2 Å². The van der Waals surface area contributed by atoms with Gasteiger partial charge < -0.3 is 57.7 Å². The number of carbonyl (C=O) groups excluding carboxylic acids is 9. The van der Waals surface area contributed by atoms with Gasteiger partial charge in [-0.1, -0.05) is 98.2 Å². The van der Waals surface area contributed by atoms with Gasteiger partial charge in [0.25, 0.3) is 0 Å². The van der Waals surface area contributed by atoms with Crippen LogP contribution in [-0.2, 0) is 82.7 Å². The Morgan fingerprint density at radius 1 is 0.870 bits per heavy atom. The third kappa shape index (κ3) is 20.4. The van der Waals surface area contributed by atoms with Crippen molar-refractivity contribution in [2.24, 2.45) is 35.5 Å². The second kappa shape index (κ2) is 34.8. The maximum Gasteiger partial charge on any atom is 0.410 e. The molecule has 0 aromatic heterocycles. The van der Waals surface area contributed by atoms with Crippen molar-refractivity contribution in [3.63, 3.8) is 0 Å². The van der Waals surface area contributed by atoms with Crippen molar-refractivity contribution in [2.45, 2.75) is 208 Å². The highest BCUT2D eigenvalue weighted by molar-refractivity contribution is 5.92. The molecule has 2 aromatic rings. The lowest BCUT2D eigenvalue weighted by Crippen LogP contribution is -2.60. The number of nitrogens with one attached hydrogen (secondary N) is 1. The van der Waals surface area contributed by atoms with E-state index >= 15 is 0 Å². The number of carbonyl (C=O) groups is 9. The minimum absolute atomic E-state index is 0.0250. The Bertz CT molecular complexity index is 2930. The molecular weight excluding hydrogens is 1190 g/mol. The fourth-order valence-corrected chi connectivity index (χ4v) is 12.1. The van der Waals surface area contributed by atoms with Crippen molar-refractivity contribution in [3.8, 4) is 18.1 Å². The van der Waals surface area contributed by atoms with E-state index in [0.717, 1.165) is 43.6 Å². The molecule has 510 valence electrons. The molecule has 2 aliphatic rings. The van der Waals surface area contributed by atoms with Gasteiger partial charge in [0.2, 0.25) is 30.1 Å². The fraction of sp³-hybridized carbons (Fsp3) is 0.657. The van der Waals surface area contributed by atoms with Gasteiger partial charge in [0.1, 0.15) is 29.6 Å². The number of amides is 4. The van der Waals surface area contributed by atoms with Gasteiger partial charge >= 0.3 is 35.7 Å². The molecule has 2 aromatic carbocycles. The molecule has 0 bridgehead atoms. The number of ether oxygens (including phenoxy) is 9. The molecule has 25 nitrogen and oxygen atoms in total. The number of likely N-dealkylation sites (N-methyl/N-ethyl adjacent to an activating group) is 2. The smallest absolute Gasteiger partial charge is 0.410 e. The summed E-state index contributed by atoms with van der Waals surface area (Å²) in [4.78, 5) is 140. The summed E-state index contributed by atoms with van der Waals surface area (Å²) in [5, 5.41) is 15.6. The number of likely N-dealkylation sites (tertiary alicyclic amines) is 1. The Kier molecular flexibility index (Phi) is 29.1. The van der Waals surface area contributed by atoms with E-state index in [1.807, 2.05) is 44.2 Å². The van der Waals surface area contributed by atoms with E-state index in [1.54, 1.807) is 67.3 Å².